The quantitative estimate of drug-likeness (QED) is 0.888. The van der Waals surface area contributed by atoms with Crippen molar-refractivity contribution in [3.05, 3.63) is 29.8 Å². The summed E-state index contributed by atoms with van der Waals surface area (Å²) >= 11 is 0. The highest BCUT2D eigenvalue weighted by atomic mass is 16.5. The number of hydrogen-bond acceptors (Lipinski definition) is 3. The molecule has 1 aromatic rings. The molecule has 1 atom stereocenters. The number of nitrogens with one attached hydrogen (secondary N) is 1. The summed E-state index contributed by atoms with van der Waals surface area (Å²) < 4.78 is 5.44. The fraction of sp³-hybridized carbons (Fsp3) is 0.533. The van der Waals surface area contributed by atoms with Crippen LogP contribution in [0.4, 0.5) is 5.69 Å². The lowest BCUT2D eigenvalue weighted by Gasteiger charge is -2.24. The van der Waals surface area contributed by atoms with Gasteiger partial charge in [-0.3, -0.25) is 0 Å². The molecule has 1 aliphatic rings. The maximum absolute atomic E-state index is 9.10. The maximum Gasteiger partial charge on any atom is 0.0766 e. The number of hydrogen-bond donors (Lipinski definition) is 1. The Balaban J connectivity index is 2.01. The van der Waals surface area contributed by atoms with Gasteiger partial charge >= 0.3 is 0 Å². The summed E-state index contributed by atoms with van der Waals surface area (Å²) in [7, 11) is 0. The number of anilines is 1. The number of nitriles is 1. The minimum atomic E-state index is -0.424. The van der Waals surface area contributed by atoms with Gasteiger partial charge in [-0.1, -0.05) is 12.1 Å². The first-order chi connectivity index (χ1) is 8.62. The minimum absolute atomic E-state index is 0.411. The molecule has 0 aliphatic carbocycles. The van der Waals surface area contributed by atoms with Crippen molar-refractivity contribution in [3.63, 3.8) is 0 Å². The molecule has 1 N–H and O–H groups in total. The van der Waals surface area contributed by atoms with E-state index in [1.165, 1.54) is 0 Å². The van der Waals surface area contributed by atoms with Crippen LogP contribution in [0, 0.1) is 11.3 Å². The molecule has 1 aliphatic heterocycles. The molecular formula is C15H20N2O. The van der Waals surface area contributed by atoms with E-state index < -0.39 is 5.41 Å². The van der Waals surface area contributed by atoms with E-state index in [-0.39, 0.29) is 0 Å². The van der Waals surface area contributed by atoms with Gasteiger partial charge in [0, 0.05) is 18.3 Å². The van der Waals surface area contributed by atoms with Gasteiger partial charge in [0.15, 0.2) is 0 Å². The fourth-order valence-corrected chi connectivity index (χ4v) is 2.14. The van der Waals surface area contributed by atoms with Gasteiger partial charge in [-0.05, 0) is 44.4 Å². The van der Waals surface area contributed by atoms with E-state index in [0.717, 1.165) is 37.3 Å². The lowest BCUT2D eigenvalue weighted by molar-refractivity contribution is 0.0876. The molecule has 1 saturated heterocycles. The van der Waals surface area contributed by atoms with Gasteiger partial charge in [-0.15, -0.1) is 0 Å². The third-order valence-electron chi connectivity index (χ3n) is 3.42. The Morgan fingerprint density at radius 1 is 1.33 bits per heavy atom. The molecule has 3 nitrogen and oxygen atoms in total. The Bertz CT molecular complexity index is 425. The first kappa shape index (κ1) is 12.9. The van der Waals surface area contributed by atoms with Crippen LogP contribution in [0.2, 0.25) is 0 Å². The first-order valence-corrected chi connectivity index (χ1v) is 6.48. The van der Waals surface area contributed by atoms with Gasteiger partial charge in [0.25, 0.3) is 0 Å². The molecule has 0 saturated carbocycles. The summed E-state index contributed by atoms with van der Waals surface area (Å²) in [5.41, 5.74) is 1.73. The summed E-state index contributed by atoms with van der Waals surface area (Å²) in [6.07, 6.45) is 2.28. The number of ether oxygens (including phenoxy) is 1. The van der Waals surface area contributed by atoms with Crippen LogP contribution < -0.4 is 5.32 Å². The van der Waals surface area contributed by atoms with Crippen molar-refractivity contribution in [1.82, 2.24) is 0 Å². The van der Waals surface area contributed by atoms with E-state index in [4.69, 9.17) is 10.00 Å². The third-order valence-corrected chi connectivity index (χ3v) is 3.42. The summed E-state index contributed by atoms with van der Waals surface area (Å²) in [6.45, 7) is 5.54. The highest BCUT2D eigenvalue weighted by Gasteiger charge is 2.19. The van der Waals surface area contributed by atoms with Gasteiger partial charge in [-0.2, -0.15) is 5.26 Å². The van der Waals surface area contributed by atoms with Crippen LogP contribution in [0.25, 0.3) is 0 Å². The molecule has 18 heavy (non-hydrogen) atoms. The predicted octanol–water partition coefficient (Wildman–Crippen LogP) is 3.08. The van der Waals surface area contributed by atoms with Gasteiger partial charge < -0.3 is 10.1 Å². The first-order valence-electron chi connectivity index (χ1n) is 6.48. The molecule has 1 aromatic carbocycles. The van der Waals surface area contributed by atoms with E-state index in [1.807, 2.05) is 38.1 Å². The van der Waals surface area contributed by atoms with Crippen LogP contribution in [0.1, 0.15) is 32.3 Å². The highest BCUT2D eigenvalue weighted by Crippen LogP contribution is 2.24. The second-order valence-electron chi connectivity index (χ2n) is 5.37. The lowest BCUT2D eigenvalue weighted by Crippen LogP contribution is -2.29. The molecule has 0 aromatic heterocycles. The standard InChI is InChI=1S/C15H20N2O/c1-15(2,11-16)12-5-7-13(8-6-12)17-14-4-3-9-18-10-14/h5-8,14,17H,3-4,9-10H2,1-2H3. The van der Waals surface area contributed by atoms with Crippen LogP contribution >= 0.6 is 0 Å². The summed E-state index contributed by atoms with van der Waals surface area (Å²) in [5.74, 6) is 0. The molecule has 1 heterocycles. The maximum atomic E-state index is 9.10. The average molecular weight is 244 g/mol. The van der Waals surface area contributed by atoms with E-state index in [1.54, 1.807) is 0 Å². The molecular weight excluding hydrogens is 224 g/mol. The summed E-state index contributed by atoms with van der Waals surface area (Å²) in [5, 5.41) is 12.6. The Morgan fingerprint density at radius 3 is 2.61 bits per heavy atom. The molecule has 0 bridgehead atoms. The Labute approximate surface area is 109 Å². The molecule has 1 fully saturated rings. The van der Waals surface area contributed by atoms with Crippen molar-refractivity contribution in [2.75, 3.05) is 18.5 Å². The van der Waals surface area contributed by atoms with Gasteiger partial charge in [-0.25, -0.2) is 0 Å². The monoisotopic (exact) mass is 244 g/mol. The molecule has 1 unspecified atom stereocenters. The second kappa shape index (κ2) is 5.41. The van der Waals surface area contributed by atoms with Gasteiger partial charge in [0.2, 0.25) is 0 Å². The van der Waals surface area contributed by atoms with Crippen molar-refractivity contribution >= 4 is 5.69 Å². The van der Waals surface area contributed by atoms with E-state index in [0.29, 0.717) is 6.04 Å². The van der Waals surface area contributed by atoms with Crippen LogP contribution in [0.15, 0.2) is 24.3 Å². The molecule has 3 heteroatoms. The Kier molecular flexibility index (Phi) is 3.88. The summed E-state index contributed by atoms with van der Waals surface area (Å²) in [6, 6.07) is 10.9. The molecule has 0 spiro atoms. The molecule has 0 amide bonds. The smallest absolute Gasteiger partial charge is 0.0766 e. The van der Waals surface area contributed by atoms with Crippen LogP contribution in [-0.4, -0.2) is 19.3 Å². The molecule has 2 rings (SSSR count). The van der Waals surface area contributed by atoms with E-state index in [9.17, 15) is 0 Å². The molecule has 96 valence electrons. The second-order valence-corrected chi connectivity index (χ2v) is 5.37. The topological polar surface area (TPSA) is 45.0 Å². The number of benzene rings is 1. The van der Waals surface area contributed by atoms with E-state index >= 15 is 0 Å². The molecule has 0 radical (unpaired) electrons. The van der Waals surface area contributed by atoms with Crippen LogP contribution in [-0.2, 0) is 10.2 Å². The zero-order valence-corrected chi connectivity index (χ0v) is 11.1. The zero-order valence-electron chi connectivity index (χ0n) is 11.1. The third kappa shape index (κ3) is 3.02. The van der Waals surface area contributed by atoms with Crippen molar-refractivity contribution < 1.29 is 4.74 Å². The predicted molar refractivity (Wildman–Crippen MR) is 72.5 cm³/mol. The van der Waals surface area contributed by atoms with Crippen molar-refractivity contribution in [3.8, 4) is 6.07 Å². The summed E-state index contributed by atoms with van der Waals surface area (Å²) in [4.78, 5) is 0. The number of rotatable bonds is 3. The van der Waals surface area contributed by atoms with Crippen LogP contribution in [0.3, 0.4) is 0 Å². The minimum Gasteiger partial charge on any atom is -0.380 e. The Hall–Kier alpha value is -1.53. The fourth-order valence-electron chi connectivity index (χ4n) is 2.14. The van der Waals surface area contributed by atoms with Crippen molar-refractivity contribution in [2.45, 2.75) is 38.1 Å². The van der Waals surface area contributed by atoms with Crippen molar-refractivity contribution in [2.24, 2.45) is 0 Å². The van der Waals surface area contributed by atoms with Crippen molar-refractivity contribution in [1.29, 1.82) is 5.26 Å². The zero-order chi connectivity index (χ0) is 13.0. The average Bonchev–Trinajstić information content (AvgIpc) is 2.40. The SMILES string of the molecule is CC(C)(C#N)c1ccc(NC2CCCOC2)cc1. The van der Waals surface area contributed by atoms with E-state index in [2.05, 4.69) is 11.4 Å². The van der Waals surface area contributed by atoms with Gasteiger partial charge in [0.1, 0.15) is 0 Å². The van der Waals surface area contributed by atoms with Crippen LogP contribution in [0.5, 0.6) is 0 Å². The number of nitrogens with zero attached hydrogens (tertiary/aromatic N) is 1. The normalized spacial score (nSPS) is 20.2. The highest BCUT2D eigenvalue weighted by molar-refractivity contribution is 5.47. The lowest BCUT2D eigenvalue weighted by atomic mass is 9.86. The Morgan fingerprint density at radius 2 is 2.06 bits per heavy atom. The largest absolute Gasteiger partial charge is 0.380 e. The van der Waals surface area contributed by atoms with Gasteiger partial charge in [0.05, 0.1) is 18.1 Å².